The molecule has 0 radical (unpaired) electrons. The number of hydrogen-bond donors (Lipinski definition) is 0. The van der Waals surface area contributed by atoms with Gasteiger partial charge in [0.15, 0.2) is 5.78 Å². The fourth-order valence-corrected chi connectivity index (χ4v) is 3.72. The molecule has 0 aliphatic carbocycles. The molecule has 2 unspecified atom stereocenters. The van der Waals surface area contributed by atoms with E-state index in [1.807, 2.05) is 20.8 Å². The lowest BCUT2D eigenvalue weighted by Gasteiger charge is -2.16. The Kier molecular flexibility index (Phi) is 2.73. The number of Topliss-reactive ketones (excluding diaryl/α,β-unsaturated/α-hetero) is 1. The average molecular weight is 257 g/mol. The van der Waals surface area contributed by atoms with Gasteiger partial charge in [-0.15, -0.1) is 0 Å². The van der Waals surface area contributed by atoms with Crippen LogP contribution in [0.3, 0.4) is 0 Å². The van der Waals surface area contributed by atoms with Crippen LogP contribution in [0, 0.1) is 20.8 Å². The molecule has 3 nitrogen and oxygen atoms in total. The second kappa shape index (κ2) is 4.19. The minimum atomic E-state index is -0.550. The van der Waals surface area contributed by atoms with Crippen molar-refractivity contribution < 1.29 is 9.59 Å². The summed E-state index contributed by atoms with van der Waals surface area (Å²) in [4.78, 5) is 26.8. The first-order valence-electron chi connectivity index (χ1n) is 6.92. The molecule has 1 amide bonds. The van der Waals surface area contributed by atoms with Crippen LogP contribution in [0.4, 0.5) is 0 Å². The van der Waals surface area contributed by atoms with E-state index in [-0.39, 0.29) is 17.7 Å². The van der Waals surface area contributed by atoms with Gasteiger partial charge in [-0.05, 0) is 50.3 Å². The van der Waals surface area contributed by atoms with Crippen LogP contribution in [0.2, 0.25) is 0 Å². The van der Waals surface area contributed by atoms with Crippen LogP contribution in [-0.4, -0.2) is 29.2 Å². The van der Waals surface area contributed by atoms with Crippen molar-refractivity contribution in [2.24, 2.45) is 0 Å². The molecular weight excluding hydrogens is 238 g/mol. The van der Waals surface area contributed by atoms with Crippen LogP contribution in [-0.2, 0) is 9.59 Å². The summed E-state index contributed by atoms with van der Waals surface area (Å²) in [6.45, 7) is 6.79. The Morgan fingerprint density at radius 3 is 2.32 bits per heavy atom. The lowest BCUT2D eigenvalue weighted by Crippen LogP contribution is -2.29. The first kappa shape index (κ1) is 12.4. The number of carbonyl (C=O) groups excluding carboxylic acids is 2. The predicted octanol–water partition coefficient (Wildman–Crippen LogP) is 2.27. The summed E-state index contributed by atoms with van der Waals surface area (Å²) in [5.41, 5.74) is 4.24. The number of rotatable bonds is 1. The van der Waals surface area contributed by atoms with Crippen molar-refractivity contribution in [1.82, 2.24) is 4.90 Å². The Balaban J connectivity index is 2.08. The van der Waals surface area contributed by atoms with Gasteiger partial charge < -0.3 is 4.90 Å². The predicted molar refractivity (Wildman–Crippen MR) is 73.1 cm³/mol. The van der Waals surface area contributed by atoms with Crippen LogP contribution in [0.15, 0.2) is 12.1 Å². The van der Waals surface area contributed by atoms with Gasteiger partial charge >= 0.3 is 0 Å². The third kappa shape index (κ3) is 1.71. The Labute approximate surface area is 113 Å². The highest BCUT2D eigenvalue weighted by molar-refractivity contribution is 6.15. The molecule has 1 aromatic carbocycles. The van der Waals surface area contributed by atoms with E-state index < -0.39 is 5.92 Å². The Hall–Kier alpha value is -1.64. The maximum absolute atomic E-state index is 12.5. The van der Waals surface area contributed by atoms with Gasteiger partial charge in [-0.25, -0.2) is 0 Å². The maximum Gasteiger partial charge on any atom is 0.238 e. The molecule has 1 aromatic rings. The highest BCUT2D eigenvalue weighted by atomic mass is 16.2. The van der Waals surface area contributed by atoms with Gasteiger partial charge in [-0.3, -0.25) is 9.59 Å². The summed E-state index contributed by atoms with van der Waals surface area (Å²) in [5, 5.41) is 0. The van der Waals surface area contributed by atoms with E-state index in [2.05, 4.69) is 12.1 Å². The van der Waals surface area contributed by atoms with E-state index >= 15 is 0 Å². The minimum absolute atomic E-state index is 0.0163. The van der Waals surface area contributed by atoms with Crippen LogP contribution in [0.1, 0.15) is 41.0 Å². The van der Waals surface area contributed by atoms with Crippen molar-refractivity contribution in [3.05, 3.63) is 34.4 Å². The molecule has 0 N–H and O–H groups in total. The summed E-state index contributed by atoms with van der Waals surface area (Å²) in [5.74, 6) is -0.425. The fraction of sp³-hybridized carbons (Fsp3) is 0.500. The number of amides is 1. The van der Waals surface area contributed by atoms with Crippen molar-refractivity contribution in [2.75, 3.05) is 6.54 Å². The van der Waals surface area contributed by atoms with Crippen molar-refractivity contribution in [3.63, 3.8) is 0 Å². The number of nitrogens with zero attached hydrogens (tertiary/aromatic N) is 1. The zero-order valence-corrected chi connectivity index (χ0v) is 11.7. The van der Waals surface area contributed by atoms with Gasteiger partial charge in [0.2, 0.25) is 5.91 Å². The summed E-state index contributed by atoms with van der Waals surface area (Å²) in [6, 6.07) is 3.97. The van der Waals surface area contributed by atoms with E-state index in [0.29, 0.717) is 0 Å². The molecule has 3 heteroatoms. The first-order valence-corrected chi connectivity index (χ1v) is 6.92. The topological polar surface area (TPSA) is 37.4 Å². The van der Waals surface area contributed by atoms with E-state index in [1.54, 1.807) is 4.90 Å². The molecule has 3 rings (SSSR count). The van der Waals surface area contributed by atoms with Crippen LogP contribution >= 0.6 is 0 Å². The molecular formula is C16H19NO2. The molecule has 0 spiro atoms. The molecule has 0 aromatic heterocycles. The number of aryl methyl sites for hydroxylation is 3. The van der Waals surface area contributed by atoms with Gasteiger partial charge in [0, 0.05) is 6.54 Å². The highest BCUT2D eigenvalue weighted by Gasteiger charge is 2.50. The molecule has 2 heterocycles. The summed E-state index contributed by atoms with van der Waals surface area (Å²) >= 11 is 0. The minimum Gasteiger partial charge on any atom is -0.332 e. The van der Waals surface area contributed by atoms with Gasteiger partial charge in [0.05, 0.1) is 6.04 Å². The van der Waals surface area contributed by atoms with E-state index in [0.717, 1.165) is 36.1 Å². The second-order valence-corrected chi connectivity index (χ2v) is 5.84. The molecule has 0 saturated carbocycles. The quantitative estimate of drug-likeness (QED) is 0.724. The summed E-state index contributed by atoms with van der Waals surface area (Å²) in [6.07, 6.45) is 1.80. The number of fused-ring (bicyclic) bond motifs is 1. The zero-order valence-electron chi connectivity index (χ0n) is 11.7. The van der Waals surface area contributed by atoms with E-state index in [1.165, 1.54) is 5.56 Å². The van der Waals surface area contributed by atoms with Crippen molar-refractivity contribution >= 4 is 11.7 Å². The molecule has 2 aliphatic heterocycles. The largest absolute Gasteiger partial charge is 0.332 e. The van der Waals surface area contributed by atoms with Gasteiger partial charge in [0.1, 0.15) is 5.92 Å². The maximum atomic E-state index is 12.5. The first-order chi connectivity index (χ1) is 9.00. The molecule has 2 aliphatic rings. The highest BCUT2D eigenvalue weighted by Crippen LogP contribution is 2.38. The Morgan fingerprint density at radius 1 is 1.11 bits per heavy atom. The molecule has 100 valence electrons. The smallest absolute Gasteiger partial charge is 0.238 e. The number of carbonyl (C=O) groups is 2. The van der Waals surface area contributed by atoms with Gasteiger partial charge in [-0.2, -0.15) is 0 Å². The fourth-order valence-electron chi connectivity index (χ4n) is 3.72. The van der Waals surface area contributed by atoms with Crippen LogP contribution < -0.4 is 0 Å². The van der Waals surface area contributed by atoms with Gasteiger partial charge in [0.25, 0.3) is 0 Å². The number of benzene rings is 1. The van der Waals surface area contributed by atoms with Crippen LogP contribution in [0.5, 0.6) is 0 Å². The summed E-state index contributed by atoms with van der Waals surface area (Å²) < 4.78 is 0. The van der Waals surface area contributed by atoms with Gasteiger partial charge in [-0.1, -0.05) is 17.7 Å². The van der Waals surface area contributed by atoms with E-state index in [4.69, 9.17) is 0 Å². The molecule has 2 saturated heterocycles. The number of hydrogen-bond acceptors (Lipinski definition) is 2. The molecule has 2 fully saturated rings. The SMILES string of the molecule is Cc1cc(C)c(C2C(=O)C3CCCN3C2=O)c(C)c1. The monoisotopic (exact) mass is 257 g/mol. The molecule has 19 heavy (non-hydrogen) atoms. The number of ketones is 1. The Morgan fingerprint density at radius 2 is 1.74 bits per heavy atom. The van der Waals surface area contributed by atoms with Crippen molar-refractivity contribution in [1.29, 1.82) is 0 Å². The zero-order chi connectivity index (χ0) is 13.7. The molecule has 2 atom stereocenters. The van der Waals surface area contributed by atoms with Crippen molar-refractivity contribution in [2.45, 2.75) is 45.6 Å². The summed E-state index contributed by atoms with van der Waals surface area (Å²) in [7, 11) is 0. The van der Waals surface area contributed by atoms with E-state index in [9.17, 15) is 9.59 Å². The lowest BCUT2D eigenvalue weighted by atomic mass is 9.86. The lowest BCUT2D eigenvalue weighted by molar-refractivity contribution is -0.129. The van der Waals surface area contributed by atoms with Crippen LogP contribution in [0.25, 0.3) is 0 Å². The van der Waals surface area contributed by atoms with Crippen molar-refractivity contribution in [3.8, 4) is 0 Å². The average Bonchev–Trinajstić information content (AvgIpc) is 2.87. The standard InChI is InChI=1S/C16H19NO2/c1-9-7-10(2)13(11(3)8-9)14-15(18)12-5-4-6-17(12)16(14)19/h7-8,12,14H,4-6H2,1-3H3. The normalized spacial score (nSPS) is 26.2. The molecule has 0 bridgehead atoms. The third-order valence-corrected chi connectivity index (χ3v) is 4.42. The second-order valence-electron chi connectivity index (χ2n) is 5.84. The third-order valence-electron chi connectivity index (χ3n) is 4.42. The Bertz CT molecular complexity index is 531.